The third-order valence-electron chi connectivity index (χ3n) is 4.69. The molecule has 0 aromatic heterocycles. The molecule has 1 heterocycles. The first-order chi connectivity index (χ1) is 11.1. The standard InChI is InChI=1S/C18H30N2O3/c1-5-19-9-10-20(12-14(19)3)16(13-21)15-7-8-17(23-6-2)18(11-15)22-4/h7-8,11,14,16,21H,5-6,9-10,12-13H2,1-4H3. The van der Waals surface area contributed by atoms with Gasteiger partial charge in [-0.3, -0.25) is 9.80 Å². The van der Waals surface area contributed by atoms with Crippen molar-refractivity contribution in [2.45, 2.75) is 32.9 Å². The van der Waals surface area contributed by atoms with Crippen LogP contribution in [0.3, 0.4) is 0 Å². The van der Waals surface area contributed by atoms with Crippen LogP contribution >= 0.6 is 0 Å². The smallest absolute Gasteiger partial charge is 0.161 e. The molecule has 0 bridgehead atoms. The Morgan fingerprint density at radius 2 is 2.04 bits per heavy atom. The number of rotatable bonds is 7. The van der Waals surface area contributed by atoms with E-state index in [0.717, 1.165) is 43.2 Å². The van der Waals surface area contributed by atoms with Gasteiger partial charge in [0.05, 0.1) is 26.4 Å². The Morgan fingerprint density at radius 3 is 2.61 bits per heavy atom. The van der Waals surface area contributed by atoms with E-state index in [-0.39, 0.29) is 12.6 Å². The average molecular weight is 322 g/mol. The number of benzene rings is 1. The lowest BCUT2D eigenvalue weighted by molar-refractivity contribution is 0.0366. The van der Waals surface area contributed by atoms with Crippen molar-refractivity contribution in [1.29, 1.82) is 0 Å². The predicted octanol–water partition coefficient (Wildman–Crippen LogP) is 2.15. The molecule has 1 aromatic rings. The van der Waals surface area contributed by atoms with Crippen molar-refractivity contribution in [3.05, 3.63) is 23.8 Å². The zero-order valence-electron chi connectivity index (χ0n) is 14.8. The van der Waals surface area contributed by atoms with Crippen molar-refractivity contribution in [3.8, 4) is 11.5 Å². The van der Waals surface area contributed by atoms with E-state index >= 15 is 0 Å². The van der Waals surface area contributed by atoms with Crippen LogP contribution in [0.4, 0.5) is 0 Å². The number of nitrogens with zero attached hydrogens (tertiary/aromatic N) is 2. The molecule has 130 valence electrons. The Bertz CT molecular complexity index is 495. The normalized spacial score (nSPS) is 21.2. The third-order valence-corrected chi connectivity index (χ3v) is 4.69. The van der Waals surface area contributed by atoms with Gasteiger partial charge in [-0.15, -0.1) is 0 Å². The van der Waals surface area contributed by atoms with Gasteiger partial charge in [0, 0.05) is 25.7 Å². The number of aliphatic hydroxyl groups excluding tert-OH is 1. The molecule has 1 N–H and O–H groups in total. The van der Waals surface area contributed by atoms with Gasteiger partial charge in [0.1, 0.15) is 0 Å². The molecule has 1 aliphatic heterocycles. The summed E-state index contributed by atoms with van der Waals surface area (Å²) in [5.41, 5.74) is 1.07. The minimum absolute atomic E-state index is 0.000956. The summed E-state index contributed by atoms with van der Waals surface area (Å²) < 4.78 is 11.0. The molecule has 0 spiro atoms. The van der Waals surface area contributed by atoms with Crippen LogP contribution in [-0.4, -0.2) is 67.5 Å². The number of likely N-dealkylation sites (N-methyl/N-ethyl adjacent to an activating group) is 1. The molecule has 23 heavy (non-hydrogen) atoms. The van der Waals surface area contributed by atoms with Crippen LogP contribution in [0.5, 0.6) is 11.5 Å². The number of hydrogen-bond donors (Lipinski definition) is 1. The molecule has 1 saturated heterocycles. The minimum atomic E-state index is 0.000956. The SMILES string of the molecule is CCOc1ccc(C(CO)N2CCN(CC)C(C)C2)cc1OC. The Kier molecular flexibility index (Phi) is 6.69. The first-order valence-electron chi connectivity index (χ1n) is 8.54. The lowest BCUT2D eigenvalue weighted by Gasteiger charge is -2.42. The molecule has 1 aliphatic rings. The molecule has 0 saturated carbocycles. The monoisotopic (exact) mass is 322 g/mol. The molecule has 5 nitrogen and oxygen atoms in total. The Balaban J connectivity index is 2.17. The predicted molar refractivity (Wildman–Crippen MR) is 92.3 cm³/mol. The maximum absolute atomic E-state index is 9.95. The van der Waals surface area contributed by atoms with E-state index in [4.69, 9.17) is 9.47 Å². The zero-order chi connectivity index (χ0) is 16.8. The lowest BCUT2D eigenvalue weighted by atomic mass is 10.0. The quantitative estimate of drug-likeness (QED) is 0.833. The van der Waals surface area contributed by atoms with Crippen molar-refractivity contribution >= 4 is 0 Å². The second kappa shape index (κ2) is 8.52. The van der Waals surface area contributed by atoms with Gasteiger partial charge in [0.15, 0.2) is 11.5 Å². The highest BCUT2D eigenvalue weighted by atomic mass is 16.5. The number of methoxy groups -OCH3 is 1. The Hall–Kier alpha value is -1.30. The van der Waals surface area contributed by atoms with E-state index < -0.39 is 0 Å². The second-order valence-electron chi connectivity index (χ2n) is 6.01. The van der Waals surface area contributed by atoms with E-state index in [0.29, 0.717) is 12.6 Å². The highest BCUT2D eigenvalue weighted by Crippen LogP contribution is 2.32. The van der Waals surface area contributed by atoms with Gasteiger partial charge in [-0.1, -0.05) is 13.0 Å². The van der Waals surface area contributed by atoms with Gasteiger partial charge in [-0.05, 0) is 38.1 Å². The zero-order valence-corrected chi connectivity index (χ0v) is 14.8. The fourth-order valence-electron chi connectivity index (χ4n) is 3.37. The van der Waals surface area contributed by atoms with E-state index in [1.165, 1.54) is 0 Å². The van der Waals surface area contributed by atoms with Gasteiger partial charge < -0.3 is 14.6 Å². The minimum Gasteiger partial charge on any atom is -0.493 e. The van der Waals surface area contributed by atoms with Crippen molar-refractivity contribution in [2.24, 2.45) is 0 Å². The van der Waals surface area contributed by atoms with E-state index in [9.17, 15) is 5.11 Å². The van der Waals surface area contributed by atoms with Crippen LogP contribution in [0.25, 0.3) is 0 Å². The summed E-state index contributed by atoms with van der Waals surface area (Å²) >= 11 is 0. The Labute approximate surface area is 139 Å². The first kappa shape index (κ1) is 18.0. The van der Waals surface area contributed by atoms with Gasteiger partial charge in [0.2, 0.25) is 0 Å². The summed E-state index contributed by atoms with van der Waals surface area (Å²) in [6.45, 7) is 11.2. The van der Waals surface area contributed by atoms with Gasteiger partial charge in [-0.25, -0.2) is 0 Å². The molecular weight excluding hydrogens is 292 g/mol. The maximum Gasteiger partial charge on any atom is 0.161 e. The van der Waals surface area contributed by atoms with Crippen LogP contribution in [0.1, 0.15) is 32.4 Å². The molecule has 0 radical (unpaired) electrons. The summed E-state index contributed by atoms with van der Waals surface area (Å²) in [6, 6.07) is 6.47. The van der Waals surface area contributed by atoms with E-state index in [1.807, 2.05) is 25.1 Å². The van der Waals surface area contributed by atoms with E-state index in [2.05, 4.69) is 23.6 Å². The highest BCUT2D eigenvalue weighted by Gasteiger charge is 2.28. The lowest BCUT2D eigenvalue weighted by Crippen LogP contribution is -2.53. The Morgan fingerprint density at radius 1 is 1.26 bits per heavy atom. The van der Waals surface area contributed by atoms with Gasteiger partial charge in [0.25, 0.3) is 0 Å². The summed E-state index contributed by atoms with van der Waals surface area (Å²) in [6.07, 6.45) is 0. The number of hydrogen-bond acceptors (Lipinski definition) is 5. The van der Waals surface area contributed by atoms with Crippen molar-refractivity contribution < 1.29 is 14.6 Å². The largest absolute Gasteiger partial charge is 0.493 e. The fourth-order valence-corrected chi connectivity index (χ4v) is 3.37. The van der Waals surface area contributed by atoms with Crippen molar-refractivity contribution in [3.63, 3.8) is 0 Å². The van der Waals surface area contributed by atoms with Crippen molar-refractivity contribution in [1.82, 2.24) is 9.80 Å². The van der Waals surface area contributed by atoms with Gasteiger partial charge in [-0.2, -0.15) is 0 Å². The fraction of sp³-hybridized carbons (Fsp3) is 0.667. The molecule has 0 aliphatic carbocycles. The van der Waals surface area contributed by atoms with Crippen LogP contribution in [0, 0.1) is 0 Å². The third kappa shape index (κ3) is 4.16. The molecule has 2 rings (SSSR count). The molecule has 1 fully saturated rings. The summed E-state index contributed by atoms with van der Waals surface area (Å²) in [5.74, 6) is 1.47. The van der Waals surface area contributed by atoms with Crippen molar-refractivity contribution in [2.75, 3.05) is 46.5 Å². The maximum atomic E-state index is 9.95. The van der Waals surface area contributed by atoms with E-state index in [1.54, 1.807) is 7.11 Å². The summed E-state index contributed by atoms with van der Waals surface area (Å²) in [4.78, 5) is 4.84. The molecule has 1 aromatic carbocycles. The molecule has 0 amide bonds. The molecule has 2 unspecified atom stereocenters. The van der Waals surface area contributed by atoms with Gasteiger partial charge >= 0.3 is 0 Å². The number of aliphatic hydroxyl groups is 1. The topological polar surface area (TPSA) is 45.2 Å². The molecular formula is C18H30N2O3. The number of ether oxygens (including phenoxy) is 2. The second-order valence-corrected chi connectivity index (χ2v) is 6.01. The van der Waals surface area contributed by atoms with Crippen LogP contribution in [0.2, 0.25) is 0 Å². The van der Waals surface area contributed by atoms with Crippen LogP contribution in [-0.2, 0) is 0 Å². The summed E-state index contributed by atoms with van der Waals surface area (Å²) in [5, 5.41) is 9.95. The summed E-state index contributed by atoms with van der Waals surface area (Å²) in [7, 11) is 1.65. The molecule has 5 heteroatoms. The first-order valence-corrected chi connectivity index (χ1v) is 8.54. The molecule has 2 atom stereocenters. The highest BCUT2D eigenvalue weighted by molar-refractivity contribution is 5.44. The van der Waals surface area contributed by atoms with Crippen LogP contribution < -0.4 is 9.47 Å². The average Bonchev–Trinajstić information content (AvgIpc) is 2.57. The van der Waals surface area contributed by atoms with Crippen LogP contribution in [0.15, 0.2) is 18.2 Å². The number of piperazine rings is 1.